The average molecular weight is 449 g/mol. The molecule has 7 N–H and O–H groups in total. The number of hydrogen-bond acceptors (Lipinski definition) is 9. The number of carboxylic acid groups (broad SMARTS) is 2. The molecule has 0 aliphatic carbocycles. The normalized spacial score (nSPS) is 16.1. The first-order valence-electron chi connectivity index (χ1n) is 9.66. The first-order chi connectivity index (χ1) is 14.7. The van der Waals surface area contributed by atoms with Crippen LogP contribution < -0.4 is 16.4 Å². The molecule has 0 bridgehead atoms. The monoisotopic (exact) mass is 449 g/mol. The number of anilines is 2. The highest BCUT2D eigenvalue weighted by Crippen LogP contribution is 2.32. The SMILES string of the molecule is Nc1nc(O)c2c(n1)NC[C@@H](CCc1ccc(C(=O)N[C@@H](CCC(=O)O)C(=O)O)s1)C2. The molecule has 1 aliphatic heterocycles. The molecular weight excluding hydrogens is 426 g/mol. The van der Waals surface area contributed by atoms with Gasteiger partial charge in [-0.2, -0.15) is 9.97 Å². The largest absolute Gasteiger partial charge is 0.493 e. The fourth-order valence-corrected chi connectivity index (χ4v) is 4.29. The van der Waals surface area contributed by atoms with Crippen LogP contribution in [0.1, 0.15) is 39.4 Å². The second-order valence-electron chi connectivity index (χ2n) is 7.28. The Hall–Kier alpha value is -3.41. The number of aromatic nitrogens is 2. The van der Waals surface area contributed by atoms with Crippen molar-refractivity contribution in [1.29, 1.82) is 0 Å². The molecule has 1 aliphatic rings. The van der Waals surface area contributed by atoms with Crippen LogP contribution in [-0.2, 0) is 22.4 Å². The molecule has 0 saturated carbocycles. The lowest BCUT2D eigenvalue weighted by atomic mass is 9.92. The first kappa shape index (κ1) is 22.3. The number of carboxylic acids is 2. The van der Waals surface area contributed by atoms with Gasteiger partial charge in [0.2, 0.25) is 11.8 Å². The Labute approximate surface area is 181 Å². The molecule has 2 aromatic heterocycles. The number of nitrogen functional groups attached to an aromatic ring is 1. The number of amides is 1. The van der Waals surface area contributed by atoms with E-state index >= 15 is 0 Å². The number of nitrogens with one attached hydrogen (secondary N) is 2. The molecule has 2 atom stereocenters. The topological polar surface area (TPSA) is 188 Å². The van der Waals surface area contributed by atoms with Gasteiger partial charge in [-0.05, 0) is 43.7 Å². The third-order valence-corrected chi connectivity index (χ3v) is 6.13. The van der Waals surface area contributed by atoms with E-state index in [1.165, 1.54) is 11.3 Å². The molecule has 0 unspecified atom stereocenters. The van der Waals surface area contributed by atoms with E-state index in [0.29, 0.717) is 35.6 Å². The number of rotatable bonds is 9. The molecule has 1 amide bonds. The van der Waals surface area contributed by atoms with Gasteiger partial charge in [0, 0.05) is 17.8 Å². The van der Waals surface area contributed by atoms with Crippen molar-refractivity contribution in [2.75, 3.05) is 17.6 Å². The summed E-state index contributed by atoms with van der Waals surface area (Å²) in [5.41, 5.74) is 6.18. The van der Waals surface area contributed by atoms with Crippen molar-refractivity contribution in [2.24, 2.45) is 5.92 Å². The van der Waals surface area contributed by atoms with E-state index in [1.54, 1.807) is 6.07 Å². The zero-order valence-corrected chi connectivity index (χ0v) is 17.3. The van der Waals surface area contributed by atoms with E-state index in [4.69, 9.17) is 10.8 Å². The molecular formula is C19H23N5O6S. The Balaban J connectivity index is 1.54. The summed E-state index contributed by atoms with van der Waals surface area (Å²) in [5, 5.41) is 33.4. The summed E-state index contributed by atoms with van der Waals surface area (Å²) in [6.07, 6.45) is 1.58. The molecule has 0 spiro atoms. The summed E-state index contributed by atoms with van der Waals surface area (Å²) in [4.78, 5) is 43.5. The van der Waals surface area contributed by atoms with Gasteiger partial charge in [0.25, 0.3) is 5.91 Å². The van der Waals surface area contributed by atoms with E-state index in [2.05, 4.69) is 20.6 Å². The number of thiophene rings is 1. The lowest BCUT2D eigenvalue weighted by Gasteiger charge is -2.25. The van der Waals surface area contributed by atoms with Gasteiger partial charge in [0.1, 0.15) is 11.9 Å². The Morgan fingerprint density at radius 2 is 2.06 bits per heavy atom. The molecule has 12 heteroatoms. The van der Waals surface area contributed by atoms with Gasteiger partial charge in [-0.25, -0.2) is 4.79 Å². The van der Waals surface area contributed by atoms with Crippen molar-refractivity contribution in [3.8, 4) is 5.88 Å². The minimum absolute atomic E-state index is 0.0136. The predicted molar refractivity (Wildman–Crippen MR) is 112 cm³/mol. The molecule has 3 heterocycles. The average Bonchev–Trinajstić information content (AvgIpc) is 3.18. The molecule has 11 nitrogen and oxygen atoms in total. The molecule has 166 valence electrons. The number of fused-ring (bicyclic) bond motifs is 1. The third-order valence-electron chi connectivity index (χ3n) is 4.99. The maximum atomic E-state index is 12.4. The molecule has 0 aromatic carbocycles. The van der Waals surface area contributed by atoms with Crippen LogP contribution in [-0.4, -0.2) is 55.7 Å². The summed E-state index contributed by atoms with van der Waals surface area (Å²) < 4.78 is 0. The van der Waals surface area contributed by atoms with Crippen LogP contribution >= 0.6 is 11.3 Å². The van der Waals surface area contributed by atoms with Gasteiger partial charge < -0.3 is 31.7 Å². The van der Waals surface area contributed by atoms with Crippen LogP contribution in [0.5, 0.6) is 5.88 Å². The van der Waals surface area contributed by atoms with Gasteiger partial charge in [0.05, 0.1) is 10.4 Å². The Bertz CT molecular complexity index is 994. The molecule has 0 saturated heterocycles. The van der Waals surface area contributed by atoms with E-state index < -0.39 is 23.9 Å². The number of carbonyl (C=O) groups is 3. The third kappa shape index (κ3) is 5.81. The fraction of sp³-hybridized carbons (Fsp3) is 0.421. The van der Waals surface area contributed by atoms with Crippen molar-refractivity contribution < 1.29 is 29.7 Å². The van der Waals surface area contributed by atoms with Gasteiger partial charge in [-0.3, -0.25) is 9.59 Å². The van der Waals surface area contributed by atoms with Crippen LogP contribution in [0.2, 0.25) is 0 Å². The van der Waals surface area contributed by atoms with Crippen LogP contribution in [0.3, 0.4) is 0 Å². The lowest BCUT2D eigenvalue weighted by molar-refractivity contribution is -0.140. The first-order valence-corrected chi connectivity index (χ1v) is 10.5. The summed E-state index contributed by atoms with van der Waals surface area (Å²) in [5.74, 6) is -2.26. The number of carbonyl (C=O) groups excluding carboxylic acids is 1. The maximum Gasteiger partial charge on any atom is 0.326 e. The Morgan fingerprint density at radius 1 is 1.29 bits per heavy atom. The van der Waals surface area contributed by atoms with E-state index in [9.17, 15) is 24.6 Å². The summed E-state index contributed by atoms with van der Waals surface area (Å²) in [7, 11) is 0. The minimum atomic E-state index is -1.27. The summed E-state index contributed by atoms with van der Waals surface area (Å²) >= 11 is 1.27. The van der Waals surface area contributed by atoms with Gasteiger partial charge >= 0.3 is 11.9 Å². The highest BCUT2D eigenvalue weighted by atomic mass is 32.1. The molecule has 3 rings (SSSR count). The number of nitrogens with two attached hydrogens (primary N) is 1. The van der Waals surface area contributed by atoms with E-state index in [-0.39, 0.29) is 30.6 Å². The van der Waals surface area contributed by atoms with Crippen LogP contribution in [0.25, 0.3) is 0 Å². The summed E-state index contributed by atoms with van der Waals surface area (Å²) in [6.45, 7) is 0.672. The van der Waals surface area contributed by atoms with Crippen LogP contribution in [0, 0.1) is 5.92 Å². The van der Waals surface area contributed by atoms with E-state index in [1.807, 2.05) is 6.07 Å². The maximum absolute atomic E-state index is 12.4. The minimum Gasteiger partial charge on any atom is -0.493 e. The van der Waals surface area contributed by atoms with E-state index in [0.717, 1.165) is 11.3 Å². The van der Waals surface area contributed by atoms with Crippen LogP contribution in [0.15, 0.2) is 12.1 Å². The number of aliphatic carboxylic acids is 2. The van der Waals surface area contributed by atoms with Crippen molar-refractivity contribution >= 4 is 40.9 Å². The number of aromatic hydroxyl groups is 1. The Kier molecular flexibility index (Phi) is 6.90. The van der Waals surface area contributed by atoms with Crippen LogP contribution in [0.4, 0.5) is 11.8 Å². The van der Waals surface area contributed by atoms with Gasteiger partial charge in [-0.1, -0.05) is 0 Å². The standard InChI is InChI=1S/C19H23N5O6S/c20-19-23-15-11(16(27)24-19)7-9(8-21-15)1-2-10-3-5-13(31-10)17(28)22-12(18(29)30)4-6-14(25)26/h3,5,9,12H,1-2,4,6-8H2,(H,22,28)(H,25,26)(H,29,30)(H4,20,21,23,24,27)/t9-,12-/m0/s1. The number of hydrogen-bond donors (Lipinski definition) is 6. The molecule has 0 radical (unpaired) electrons. The fourth-order valence-electron chi connectivity index (χ4n) is 3.36. The quantitative estimate of drug-likeness (QED) is 0.323. The van der Waals surface area contributed by atoms with Crippen molar-refractivity contribution in [3.63, 3.8) is 0 Å². The zero-order valence-electron chi connectivity index (χ0n) is 16.5. The second kappa shape index (κ2) is 9.60. The number of nitrogens with zero attached hydrogens (tertiary/aromatic N) is 2. The lowest BCUT2D eigenvalue weighted by Crippen LogP contribution is -2.40. The van der Waals surface area contributed by atoms with Gasteiger partial charge in [0.15, 0.2) is 0 Å². The zero-order chi connectivity index (χ0) is 22.5. The smallest absolute Gasteiger partial charge is 0.326 e. The molecule has 0 fully saturated rings. The highest BCUT2D eigenvalue weighted by molar-refractivity contribution is 7.14. The van der Waals surface area contributed by atoms with Gasteiger partial charge in [-0.15, -0.1) is 11.3 Å². The van der Waals surface area contributed by atoms with Crippen molar-refractivity contribution in [3.05, 3.63) is 27.5 Å². The molecule has 31 heavy (non-hydrogen) atoms. The number of aryl methyl sites for hydroxylation is 1. The highest BCUT2D eigenvalue weighted by Gasteiger charge is 2.25. The van der Waals surface area contributed by atoms with Crippen molar-refractivity contribution in [2.45, 2.75) is 38.1 Å². The summed E-state index contributed by atoms with van der Waals surface area (Å²) in [6, 6.07) is 2.19. The predicted octanol–water partition coefficient (Wildman–Crippen LogP) is 1.09. The Morgan fingerprint density at radius 3 is 2.77 bits per heavy atom. The van der Waals surface area contributed by atoms with Crippen molar-refractivity contribution in [1.82, 2.24) is 15.3 Å². The second-order valence-corrected chi connectivity index (χ2v) is 8.45. The molecule has 2 aromatic rings.